The standard InChI is InChI=1S/C26H35NO3S/c1-5-19-21(26(29)30-6-2)10-12-27(24(19)18-11-13-31-15-18)25-22(28)14-17-8-7-9-20(16(3)4)23(17)25/h7-9,11,13,15-16,19,21-22,24-25,28H,5-6,10,12,14H2,1-4H3/t19-,21?,22+,24+,25+/m0/s1. The third-order valence-corrected chi connectivity index (χ3v) is 7.92. The average molecular weight is 442 g/mol. The fraction of sp³-hybridized carbons (Fsp3) is 0.577. The first-order valence-corrected chi connectivity index (χ1v) is 12.7. The SMILES string of the molecule is CCOC(=O)C1CCN([C@H]2c3c(cccc3C(C)C)C[C@H]2O)[C@H](c2ccsc2)[C@H]1CC. The molecule has 4 nitrogen and oxygen atoms in total. The maximum atomic E-state index is 12.8. The molecule has 1 aliphatic carbocycles. The summed E-state index contributed by atoms with van der Waals surface area (Å²) in [7, 11) is 0. The lowest BCUT2D eigenvalue weighted by Crippen LogP contribution is -2.49. The number of aliphatic hydroxyl groups excluding tert-OH is 1. The number of esters is 1. The van der Waals surface area contributed by atoms with Gasteiger partial charge in [0.2, 0.25) is 0 Å². The summed E-state index contributed by atoms with van der Waals surface area (Å²) in [4.78, 5) is 15.3. The van der Waals surface area contributed by atoms with E-state index in [0.29, 0.717) is 18.9 Å². The van der Waals surface area contributed by atoms with Gasteiger partial charge < -0.3 is 9.84 Å². The zero-order valence-corrected chi connectivity index (χ0v) is 19.9. The Morgan fingerprint density at radius 1 is 1.26 bits per heavy atom. The number of thiophene rings is 1. The van der Waals surface area contributed by atoms with Crippen LogP contribution in [0, 0.1) is 11.8 Å². The molecule has 1 aromatic heterocycles. The van der Waals surface area contributed by atoms with Crippen molar-refractivity contribution < 1.29 is 14.6 Å². The first-order valence-electron chi connectivity index (χ1n) is 11.7. The zero-order chi connectivity index (χ0) is 22.1. The van der Waals surface area contributed by atoms with Crippen LogP contribution < -0.4 is 0 Å². The van der Waals surface area contributed by atoms with E-state index in [-0.39, 0.29) is 29.9 Å². The van der Waals surface area contributed by atoms with E-state index in [1.807, 2.05) is 6.92 Å². The predicted molar refractivity (Wildman–Crippen MR) is 125 cm³/mol. The van der Waals surface area contributed by atoms with Crippen LogP contribution >= 0.6 is 11.3 Å². The van der Waals surface area contributed by atoms with Gasteiger partial charge in [-0.25, -0.2) is 0 Å². The van der Waals surface area contributed by atoms with Crippen molar-refractivity contribution in [1.82, 2.24) is 4.90 Å². The number of fused-ring (bicyclic) bond motifs is 1. The number of aliphatic hydroxyl groups is 1. The number of hydrogen-bond acceptors (Lipinski definition) is 5. The van der Waals surface area contributed by atoms with Crippen molar-refractivity contribution in [3.63, 3.8) is 0 Å². The Hall–Kier alpha value is -1.69. The van der Waals surface area contributed by atoms with Crippen LogP contribution in [0.2, 0.25) is 0 Å². The third kappa shape index (κ3) is 4.08. The molecule has 0 bridgehead atoms. The van der Waals surface area contributed by atoms with Crippen molar-refractivity contribution in [2.75, 3.05) is 13.2 Å². The van der Waals surface area contributed by atoms with E-state index < -0.39 is 6.10 Å². The molecule has 1 fully saturated rings. The quantitative estimate of drug-likeness (QED) is 0.603. The van der Waals surface area contributed by atoms with Gasteiger partial charge in [-0.2, -0.15) is 11.3 Å². The number of carbonyl (C=O) groups excluding carboxylic acids is 1. The fourth-order valence-corrected chi connectivity index (χ4v) is 6.63. The molecule has 2 aliphatic rings. The molecule has 0 amide bonds. The maximum Gasteiger partial charge on any atom is 0.309 e. The largest absolute Gasteiger partial charge is 0.466 e. The highest BCUT2D eigenvalue weighted by Crippen LogP contribution is 2.50. The van der Waals surface area contributed by atoms with E-state index in [2.05, 4.69) is 60.7 Å². The summed E-state index contributed by atoms with van der Waals surface area (Å²) in [5.41, 5.74) is 5.18. The molecule has 2 aromatic rings. The van der Waals surface area contributed by atoms with Gasteiger partial charge >= 0.3 is 5.97 Å². The Bertz CT molecular complexity index is 894. The van der Waals surface area contributed by atoms with E-state index >= 15 is 0 Å². The van der Waals surface area contributed by atoms with Crippen molar-refractivity contribution in [3.8, 4) is 0 Å². The van der Waals surface area contributed by atoms with Crippen LogP contribution in [0.3, 0.4) is 0 Å². The smallest absolute Gasteiger partial charge is 0.309 e. The minimum Gasteiger partial charge on any atom is -0.466 e. The molecule has 5 atom stereocenters. The summed E-state index contributed by atoms with van der Waals surface area (Å²) in [5.74, 6) is 0.417. The lowest BCUT2D eigenvalue weighted by Gasteiger charge is -2.48. The fourth-order valence-electron chi connectivity index (χ4n) is 5.94. The lowest BCUT2D eigenvalue weighted by molar-refractivity contribution is -0.155. The molecule has 168 valence electrons. The summed E-state index contributed by atoms with van der Waals surface area (Å²) < 4.78 is 5.46. The first-order chi connectivity index (χ1) is 15.0. The number of nitrogens with zero attached hydrogens (tertiary/aromatic N) is 1. The van der Waals surface area contributed by atoms with Crippen LogP contribution in [0.25, 0.3) is 0 Å². The van der Waals surface area contributed by atoms with Crippen molar-refractivity contribution in [2.45, 2.75) is 71.1 Å². The number of rotatable bonds is 6. The Balaban J connectivity index is 1.78. The maximum absolute atomic E-state index is 12.8. The summed E-state index contributed by atoms with van der Waals surface area (Å²) in [5, 5.41) is 15.6. The second-order valence-electron chi connectivity index (χ2n) is 9.25. The number of ether oxygens (including phenoxy) is 1. The van der Waals surface area contributed by atoms with Crippen molar-refractivity contribution in [3.05, 3.63) is 57.3 Å². The lowest BCUT2D eigenvalue weighted by atomic mass is 9.74. The van der Waals surface area contributed by atoms with E-state index in [4.69, 9.17) is 4.74 Å². The molecule has 1 aromatic carbocycles. The van der Waals surface area contributed by atoms with Gasteiger partial charge in [-0.1, -0.05) is 45.4 Å². The highest BCUT2D eigenvalue weighted by atomic mass is 32.1. The van der Waals surface area contributed by atoms with Gasteiger partial charge in [-0.3, -0.25) is 9.69 Å². The molecule has 0 saturated carbocycles. The monoisotopic (exact) mass is 441 g/mol. The molecule has 1 saturated heterocycles. The summed E-state index contributed by atoms with van der Waals surface area (Å²) in [6.07, 6.45) is 1.96. The Morgan fingerprint density at radius 2 is 2.06 bits per heavy atom. The highest BCUT2D eigenvalue weighted by molar-refractivity contribution is 7.08. The van der Waals surface area contributed by atoms with Gasteiger partial charge in [0.1, 0.15) is 0 Å². The Kier molecular flexibility index (Phi) is 6.85. The van der Waals surface area contributed by atoms with Crippen LogP contribution in [0.4, 0.5) is 0 Å². The van der Waals surface area contributed by atoms with Gasteiger partial charge in [0.25, 0.3) is 0 Å². The molecule has 1 unspecified atom stereocenters. The van der Waals surface area contributed by atoms with Gasteiger partial charge in [0.15, 0.2) is 0 Å². The molecule has 0 radical (unpaired) electrons. The number of carbonyl (C=O) groups is 1. The van der Waals surface area contributed by atoms with E-state index in [0.717, 1.165) is 19.4 Å². The summed E-state index contributed by atoms with van der Waals surface area (Å²) in [6, 6.07) is 8.78. The second-order valence-corrected chi connectivity index (χ2v) is 10.0. The molecule has 31 heavy (non-hydrogen) atoms. The van der Waals surface area contributed by atoms with E-state index in [9.17, 15) is 9.90 Å². The highest BCUT2D eigenvalue weighted by Gasteiger charge is 2.48. The number of benzene rings is 1. The van der Waals surface area contributed by atoms with Crippen molar-refractivity contribution >= 4 is 17.3 Å². The molecular weight excluding hydrogens is 406 g/mol. The second kappa shape index (κ2) is 9.43. The van der Waals surface area contributed by atoms with Crippen LogP contribution in [-0.4, -0.2) is 35.2 Å². The van der Waals surface area contributed by atoms with Crippen LogP contribution in [0.5, 0.6) is 0 Å². The molecule has 2 heterocycles. The topological polar surface area (TPSA) is 49.8 Å². The first kappa shape index (κ1) is 22.5. The zero-order valence-electron chi connectivity index (χ0n) is 19.1. The Labute approximate surface area is 190 Å². The average Bonchev–Trinajstić information content (AvgIpc) is 3.39. The van der Waals surface area contributed by atoms with E-state index in [1.54, 1.807) is 11.3 Å². The van der Waals surface area contributed by atoms with Crippen LogP contribution in [0.15, 0.2) is 35.0 Å². The van der Waals surface area contributed by atoms with E-state index in [1.165, 1.54) is 22.3 Å². The van der Waals surface area contributed by atoms with Gasteiger partial charge in [0, 0.05) is 19.0 Å². The summed E-state index contributed by atoms with van der Waals surface area (Å²) >= 11 is 1.70. The number of piperidine rings is 1. The predicted octanol–water partition coefficient (Wildman–Crippen LogP) is 5.48. The van der Waals surface area contributed by atoms with Gasteiger partial charge in [-0.15, -0.1) is 0 Å². The molecule has 4 rings (SSSR count). The molecule has 1 aliphatic heterocycles. The van der Waals surface area contributed by atoms with Crippen molar-refractivity contribution in [2.24, 2.45) is 11.8 Å². The minimum absolute atomic E-state index is 0.0318. The van der Waals surface area contributed by atoms with Crippen molar-refractivity contribution in [1.29, 1.82) is 0 Å². The molecule has 1 N–H and O–H groups in total. The van der Waals surface area contributed by atoms with Crippen LogP contribution in [0.1, 0.15) is 80.8 Å². The Morgan fingerprint density at radius 3 is 2.71 bits per heavy atom. The van der Waals surface area contributed by atoms with Crippen LogP contribution in [-0.2, 0) is 16.0 Å². The molecular formula is C26H35NO3S. The normalized spacial score (nSPS) is 28.6. The van der Waals surface area contributed by atoms with Gasteiger partial charge in [-0.05, 0) is 64.3 Å². The minimum atomic E-state index is -0.423. The third-order valence-electron chi connectivity index (χ3n) is 7.22. The number of likely N-dealkylation sites (tertiary alicyclic amines) is 1. The summed E-state index contributed by atoms with van der Waals surface area (Å²) in [6.45, 7) is 9.73. The molecule has 0 spiro atoms. The molecule has 5 heteroatoms. The number of hydrogen-bond donors (Lipinski definition) is 1. The van der Waals surface area contributed by atoms with Gasteiger partial charge in [0.05, 0.1) is 24.7 Å².